The van der Waals surface area contributed by atoms with Gasteiger partial charge >= 0.3 is 5.97 Å². The molecule has 0 aromatic heterocycles. The fourth-order valence-corrected chi connectivity index (χ4v) is 3.32. The quantitative estimate of drug-likeness (QED) is 0.570. The van der Waals surface area contributed by atoms with Crippen molar-refractivity contribution >= 4 is 5.97 Å². The molecule has 0 radical (unpaired) electrons. The van der Waals surface area contributed by atoms with Crippen LogP contribution < -0.4 is 4.74 Å². The third-order valence-electron chi connectivity index (χ3n) is 4.84. The zero-order valence-electron chi connectivity index (χ0n) is 13.0. The second-order valence-corrected chi connectivity index (χ2v) is 6.12. The van der Waals surface area contributed by atoms with Gasteiger partial charge in [0.2, 0.25) is 0 Å². The SMILES string of the molecule is CCC1(C(=O)Oc2ccc(-c3ccccc3)cc2)CCCC1. The molecular formula is C20H22O2. The molecule has 1 aliphatic carbocycles. The highest BCUT2D eigenvalue weighted by molar-refractivity contribution is 5.79. The van der Waals surface area contributed by atoms with E-state index in [9.17, 15) is 4.79 Å². The van der Waals surface area contributed by atoms with Gasteiger partial charge in [-0.2, -0.15) is 0 Å². The highest BCUT2D eigenvalue weighted by Crippen LogP contribution is 2.42. The fourth-order valence-electron chi connectivity index (χ4n) is 3.32. The molecule has 0 aliphatic heterocycles. The predicted molar refractivity (Wildman–Crippen MR) is 88.7 cm³/mol. The second-order valence-electron chi connectivity index (χ2n) is 6.12. The minimum atomic E-state index is -0.252. The van der Waals surface area contributed by atoms with Gasteiger partial charge in [0.25, 0.3) is 0 Å². The zero-order chi connectivity index (χ0) is 15.4. The molecule has 2 aromatic rings. The van der Waals surface area contributed by atoms with Gasteiger partial charge in [0.1, 0.15) is 5.75 Å². The Hall–Kier alpha value is -2.09. The summed E-state index contributed by atoms with van der Waals surface area (Å²) in [6.45, 7) is 2.09. The minimum Gasteiger partial charge on any atom is -0.426 e. The molecule has 2 heteroatoms. The van der Waals surface area contributed by atoms with Crippen LogP contribution in [0.2, 0.25) is 0 Å². The lowest BCUT2D eigenvalue weighted by Crippen LogP contribution is -2.31. The number of benzene rings is 2. The minimum absolute atomic E-state index is 0.0556. The molecule has 0 unspecified atom stereocenters. The van der Waals surface area contributed by atoms with Gasteiger partial charge in [-0.05, 0) is 42.5 Å². The molecule has 0 atom stereocenters. The molecule has 1 fully saturated rings. The monoisotopic (exact) mass is 294 g/mol. The van der Waals surface area contributed by atoms with Crippen LogP contribution in [0.15, 0.2) is 54.6 Å². The predicted octanol–water partition coefficient (Wildman–Crippen LogP) is 5.23. The number of carbonyl (C=O) groups is 1. The molecule has 22 heavy (non-hydrogen) atoms. The standard InChI is InChI=1S/C20H22O2/c1-2-20(14-6-7-15-20)19(21)22-18-12-10-17(11-13-18)16-8-4-3-5-9-16/h3-5,8-13H,2,6-7,14-15H2,1H3. The molecule has 3 rings (SSSR count). The lowest BCUT2D eigenvalue weighted by molar-refractivity contribution is -0.145. The Morgan fingerprint density at radius 1 is 0.955 bits per heavy atom. The van der Waals surface area contributed by atoms with Crippen LogP contribution in [0, 0.1) is 5.41 Å². The van der Waals surface area contributed by atoms with Gasteiger partial charge in [-0.3, -0.25) is 4.79 Å². The summed E-state index contributed by atoms with van der Waals surface area (Å²) in [5.41, 5.74) is 2.05. The molecule has 2 nitrogen and oxygen atoms in total. The van der Waals surface area contributed by atoms with Gasteiger partial charge in [0.05, 0.1) is 5.41 Å². The molecule has 0 saturated heterocycles. The summed E-state index contributed by atoms with van der Waals surface area (Å²) in [6.07, 6.45) is 5.06. The third-order valence-corrected chi connectivity index (χ3v) is 4.84. The summed E-state index contributed by atoms with van der Waals surface area (Å²) < 4.78 is 5.64. The molecule has 0 N–H and O–H groups in total. The van der Waals surface area contributed by atoms with E-state index in [2.05, 4.69) is 19.1 Å². The van der Waals surface area contributed by atoms with E-state index in [4.69, 9.17) is 4.74 Å². The lowest BCUT2D eigenvalue weighted by atomic mass is 9.83. The first-order valence-electron chi connectivity index (χ1n) is 8.11. The Morgan fingerprint density at radius 3 is 2.14 bits per heavy atom. The average Bonchev–Trinajstić information content (AvgIpc) is 3.07. The van der Waals surface area contributed by atoms with Crippen LogP contribution in [0.3, 0.4) is 0 Å². The van der Waals surface area contributed by atoms with E-state index >= 15 is 0 Å². The fraction of sp³-hybridized carbons (Fsp3) is 0.350. The summed E-state index contributed by atoms with van der Waals surface area (Å²) in [5, 5.41) is 0. The topological polar surface area (TPSA) is 26.3 Å². The Kier molecular flexibility index (Phi) is 4.28. The van der Waals surface area contributed by atoms with E-state index in [1.807, 2.05) is 42.5 Å². The normalized spacial score (nSPS) is 16.4. The van der Waals surface area contributed by atoms with E-state index < -0.39 is 0 Å². The molecule has 1 saturated carbocycles. The maximum atomic E-state index is 12.5. The van der Waals surface area contributed by atoms with E-state index in [1.165, 1.54) is 5.56 Å². The molecule has 0 heterocycles. The highest BCUT2D eigenvalue weighted by Gasteiger charge is 2.41. The summed E-state index contributed by atoms with van der Waals surface area (Å²) >= 11 is 0. The highest BCUT2D eigenvalue weighted by atomic mass is 16.5. The number of hydrogen-bond acceptors (Lipinski definition) is 2. The van der Waals surface area contributed by atoms with Gasteiger partial charge in [-0.25, -0.2) is 0 Å². The molecule has 0 spiro atoms. The maximum absolute atomic E-state index is 12.5. The molecule has 0 amide bonds. The van der Waals surface area contributed by atoms with Crippen LogP contribution in [-0.4, -0.2) is 5.97 Å². The Labute approximate surface area is 132 Å². The summed E-state index contributed by atoms with van der Waals surface area (Å²) in [6, 6.07) is 18.0. The van der Waals surface area contributed by atoms with Crippen molar-refractivity contribution in [3.63, 3.8) is 0 Å². The molecule has 0 bridgehead atoms. The molecule has 114 valence electrons. The van der Waals surface area contributed by atoms with Crippen molar-refractivity contribution in [3.8, 4) is 16.9 Å². The van der Waals surface area contributed by atoms with Gasteiger partial charge in [-0.1, -0.05) is 62.2 Å². The Balaban J connectivity index is 1.72. The summed E-state index contributed by atoms with van der Waals surface area (Å²) in [5.74, 6) is 0.587. The van der Waals surface area contributed by atoms with Crippen molar-refractivity contribution in [1.29, 1.82) is 0 Å². The largest absolute Gasteiger partial charge is 0.426 e. The van der Waals surface area contributed by atoms with E-state index in [1.54, 1.807) is 0 Å². The smallest absolute Gasteiger partial charge is 0.317 e. The van der Waals surface area contributed by atoms with E-state index in [0.29, 0.717) is 5.75 Å². The third kappa shape index (κ3) is 2.92. The van der Waals surface area contributed by atoms with Crippen molar-refractivity contribution in [2.75, 3.05) is 0 Å². The van der Waals surface area contributed by atoms with E-state index in [0.717, 1.165) is 37.7 Å². The first-order valence-corrected chi connectivity index (χ1v) is 8.11. The molecular weight excluding hydrogens is 272 g/mol. The van der Waals surface area contributed by atoms with Crippen molar-refractivity contribution in [1.82, 2.24) is 0 Å². The van der Waals surface area contributed by atoms with Crippen LogP contribution in [0.25, 0.3) is 11.1 Å². The number of carbonyl (C=O) groups excluding carboxylic acids is 1. The van der Waals surface area contributed by atoms with Gasteiger partial charge in [-0.15, -0.1) is 0 Å². The number of hydrogen-bond donors (Lipinski definition) is 0. The van der Waals surface area contributed by atoms with Gasteiger partial charge in [0.15, 0.2) is 0 Å². The van der Waals surface area contributed by atoms with Crippen LogP contribution in [0.5, 0.6) is 5.75 Å². The van der Waals surface area contributed by atoms with Crippen molar-refractivity contribution < 1.29 is 9.53 Å². The van der Waals surface area contributed by atoms with Crippen LogP contribution in [-0.2, 0) is 4.79 Å². The lowest BCUT2D eigenvalue weighted by Gasteiger charge is -2.24. The number of ether oxygens (including phenoxy) is 1. The second kappa shape index (κ2) is 6.35. The van der Waals surface area contributed by atoms with Gasteiger partial charge in [0, 0.05) is 0 Å². The molecule has 2 aromatic carbocycles. The number of rotatable bonds is 4. The maximum Gasteiger partial charge on any atom is 0.317 e. The molecule has 1 aliphatic rings. The van der Waals surface area contributed by atoms with Crippen LogP contribution >= 0.6 is 0 Å². The zero-order valence-corrected chi connectivity index (χ0v) is 13.0. The van der Waals surface area contributed by atoms with Gasteiger partial charge < -0.3 is 4.74 Å². The van der Waals surface area contributed by atoms with E-state index in [-0.39, 0.29) is 11.4 Å². The Morgan fingerprint density at radius 2 is 1.55 bits per heavy atom. The number of esters is 1. The first kappa shape index (κ1) is 14.8. The van der Waals surface area contributed by atoms with Crippen molar-refractivity contribution in [2.24, 2.45) is 5.41 Å². The van der Waals surface area contributed by atoms with Crippen LogP contribution in [0.4, 0.5) is 0 Å². The first-order chi connectivity index (χ1) is 10.7. The summed E-state index contributed by atoms with van der Waals surface area (Å²) in [4.78, 5) is 12.5. The van der Waals surface area contributed by atoms with Crippen molar-refractivity contribution in [2.45, 2.75) is 39.0 Å². The summed E-state index contributed by atoms with van der Waals surface area (Å²) in [7, 11) is 0. The average molecular weight is 294 g/mol. The van der Waals surface area contributed by atoms with Crippen LogP contribution in [0.1, 0.15) is 39.0 Å². The Bertz CT molecular complexity index is 623. The van der Waals surface area contributed by atoms with Crippen molar-refractivity contribution in [3.05, 3.63) is 54.6 Å².